The minimum Gasteiger partial charge on any atom is -0.497 e. The molecule has 1 amide bonds. The molecule has 162 valence electrons. The maximum atomic E-state index is 13.2. The zero-order valence-corrected chi connectivity index (χ0v) is 17.6. The van der Waals surface area contributed by atoms with E-state index in [0.717, 1.165) is 20.4 Å². The van der Waals surface area contributed by atoms with Crippen molar-refractivity contribution in [3.05, 3.63) is 86.2 Å². The van der Waals surface area contributed by atoms with Gasteiger partial charge >= 0.3 is 5.69 Å². The van der Waals surface area contributed by atoms with Crippen molar-refractivity contribution in [3.63, 3.8) is 0 Å². The molecule has 1 aromatic heterocycles. The van der Waals surface area contributed by atoms with Gasteiger partial charge in [0.05, 0.1) is 25.9 Å². The van der Waals surface area contributed by atoms with Crippen LogP contribution in [0.3, 0.4) is 0 Å². The van der Waals surface area contributed by atoms with Crippen LogP contribution in [-0.2, 0) is 11.3 Å². The zero-order chi connectivity index (χ0) is 22.4. The van der Waals surface area contributed by atoms with E-state index in [-0.39, 0.29) is 25.4 Å². The highest BCUT2D eigenvalue weighted by atomic mass is 16.5. The van der Waals surface area contributed by atoms with Crippen LogP contribution < -0.4 is 21.3 Å². The van der Waals surface area contributed by atoms with Gasteiger partial charge in [0.2, 0.25) is 5.69 Å². The van der Waals surface area contributed by atoms with Crippen molar-refractivity contribution in [1.82, 2.24) is 19.7 Å². The number of aryl methyl sites for hydroxylation is 1. The molecule has 0 bridgehead atoms. The molecule has 0 spiro atoms. The van der Waals surface area contributed by atoms with Crippen LogP contribution in [0.2, 0.25) is 0 Å². The Hall–Kier alpha value is -3.72. The summed E-state index contributed by atoms with van der Waals surface area (Å²) in [5.74, 6) is -0.176. The summed E-state index contributed by atoms with van der Waals surface area (Å²) < 4.78 is 12.2. The summed E-state index contributed by atoms with van der Waals surface area (Å²) >= 11 is 0. The van der Waals surface area contributed by atoms with Crippen molar-refractivity contribution in [2.75, 3.05) is 27.4 Å². The number of aromatic nitrogens is 3. The fourth-order valence-electron chi connectivity index (χ4n) is 3.05. The number of hydrogen-bond acceptors (Lipinski definition) is 6. The molecule has 0 atom stereocenters. The van der Waals surface area contributed by atoms with Crippen LogP contribution in [0.4, 0.5) is 0 Å². The van der Waals surface area contributed by atoms with Gasteiger partial charge in [0.25, 0.3) is 11.5 Å². The van der Waals surface area contributed by atoms with E-state index in [1.807, 2.05) is 31.2 Å². The Balaban J connectivity index is 2.15. The topological polar surface area (TPSA) is 104 Å². The van der Waals surface area contributed by atoms with Crippen LogP contribution >= 0.6 is 0 Å². The summed E-state index contributed by atoms with van der Waals surface area (Å²) in [7, 11) is 3.00. The second-order valence-corrected chi connectivity index (χ2v) is 6.87. The van der Waals surface area contributed by atoms with Gasteiger partial charge < -0.3 is 14.8 Å². The number of rotatable bonds is 8. The van der Waals surface area contributed by atoms with Gasteiger partial charge in [0.1, 0.15) is 5.75 Å². The van der Waals surface area contributed by atoms with E-state index in [4.69, 9.17) is 9.47 Å². The van der Waals surface area contributed by atoms with Crippen molar-refractivity contribution >= 4 is 5.91 Å². The molecule has 2 aromatic carbocycles. The standard InChI is InChI=1S/C22H24N4O5/c1-15-6-4-7-16(12-15)14-25-21(28)19(20(27)23-10-11-30-2)24-26(22(25)29)17-8-5-9-18(13-17)31-3/h4-9,12-13H,10-11,14H2,1-3H3,(H,23,27). The number of carbonyl (C=O) groups excluding carboxylic acids is 1. The Morgan fingerprint density at radius 1 is 1.10 bits per heavy atom. The Kier molecular flexibility index (Phi) is 6.99. The highest BCUT2D eigenvalue weighted by Gasteiger charge is 2.20. The maximum absolute atomic E-state index is 13.2. The van der Waals surface area contributed by atoms with Gasteiger partial charge in [-0.05, 0) is 24.6 Å². The van der Waals surface area contributed by atoms with Crippen molar-refractivity contribution in [3.8, 4) is 11.4 Å². The molecule has 3 aromatic rings. The molecule has 0 unspecified atom stereocenters. The average Bonchev–Trinajstić information content (AvgIpc) is 2.77. The van der Waals surface area contributed by atoms with Gasteiger partial charge in [-0.25, -0.2) is 4.79 Å². The minimum atomic E-state index is -0.763. The number of benzene rings is 2. The largest absolute Gasteiger partial charge is 0.497 e. The van der Waals surface area contributed by atoms with Crippen molar-refractivity contribution in [2.45, 2.75) is 13.5 Å². The van der Waals surface area contributed by atoms with Gasteiger partial charge in [-0.1, -0.05) is 35.9 Å². The Labute approximate surface area is 178 Å². The third kappa shape index (κ3) is 5.07. The smallest absolute Gasteiger partial charge is 0.352 e. The molecule has 0 saturated heterocycles. The first kappa shape index (κ1) is 22.0. The maximum Gasteiger partial charge on any atom is 0.352 e. The van der Waals surface area contributed by atoms with Crippen LogP contribution in [0.25, 0.3) is 5.69 Å². The average molecular weight is 424 g/mol. The summed E-state index contributed by atoms with van der Waals surface area (Å²) in [5.41, 5.74) is 0.312. The Morgan fingerprint density at radius 2 is 1.87 bits per heavy atom. The van der Waals surface area contributed by atoms with E-state index in [1.54, 1.807) is 24.3 Å². The number of ether oxygens (including phenoxy) is 2. The lowest BCUT2D eigenvalue weighted by molar-refractivity contribution is 0.0927. The molecule has 31 heavy (non-hydrogen) atoms. The Bertz CT molecular complexity index is 1200. The first-order valence-electron chi connectivity index (χ1n) is 9.66. The monoisotopic (exact) mass is 424 g/mol. The lowest BCUT2D eigenvalue weighted by Crippen LogP contribution is -2.46. The van der Waals surface area contributed by atoms with E-state index in [9.17, 15) is 14.4 Å². The van der Waals surface area contributed by atoms with Crippen LogP contribution in [-0.4, -0.2) is 47.6 Å². The molecule has 0 fully saturated rings. The van der Waals surface area contributed by atoms with E-state index >= 15 is 0 Å². The molecule has 0 radical (unpaired) electrons. The summed E-state index contributed by atoms with van der Waals surface area (Å²) in [6.45, 7) is 2.40. The molecule has 9 nitrogen and oxygen atoms in total. The van der Waals surface area contributed by atoms with E-state index in [0.29, 0.717) is 11.4 Å². The van der Waals surface area contributed by atoms with Crippen LogP contribution in [0, 0.1) is 6.92 Å². The van der Waals surface area contributed by atoms with Gasteiger partial charge in [-0.15, -0.1) is 0 Å². The number of nitrogens with zero attached hydrogens (tertiary/aromatic N) is 3. The number of methoxy groups -OCH3 is 2. The van der Waals surface area contributed by atoms with Gasteiger partial charge in [0.15, 0.2) is 0 Å². The molecule has 0 saturated carbocycles. The summed E-state index contributed by atoms with van der Waals surface area (Å²) in [4.78, 5) is 38.8. The van der Waals surface area contributed by atoms with Crippen molar-refractivity contribution in [1.29, 1.82) is 0 Å². The molecule has 0 aliphatic rings. The predicted octanol–water partition coefficient (Wildman–Crippen LogP) is 1.14. The van der Waals surface area contributed by atoms with Crippen LogP contribution in [0.5, 0.6) is 5.75 Å². The molecular formula is C22H24N4O5. The first-order valence-corrected chi connectivity index (χ1v) is 9.66. The fourth-order valence-corrected chi connectivity index (χ4v) is 3.05. The molecule has 1 N–H and O–H groups in total. The molecule has 9 heteroatoms. The summed E-state index contributed by atoms with van der Waals surface area (Å²) in [6, 6.07) is 14.1. The number of nitrogens with one attached hydrogen (secondary N) is 1. The van der Waals surface area contributed by atoms with Crippen molar-refractivity contribution in [2.24, 2.45) is 0 Å². The molecule has 1 heterocycles. The number of carbonyl (C=O) groups is 1. The lowest BCUT2D eigenvalue weighted by atomic mass is 10.1. The zero-order valence-electron chi connectivity index (χ0n) is 17.6. The molecule has 0 aliphatic carbocycles. The summed E-state index contributed by atoms with van der Waals surface area (Å²) in [5, 5.41) is 6.66. The van der Waals surface area contributed by atoms with Gasteiger partial charge in [-0.2, -0.15) is 9.78 Å². The number of amides is 1. The van der Waals surface area contributed by atoms with E-state index in [1.165, 1.54) is 14.2 Å². The molecule has 3 rings (SSSR count). The second kappa shape index (κ2) is 9.86. The Morgan fingerprint density at radius 3 is 2.58 bits per heavy atom. The van der Waals surface area contributed by atoms with E-state index in [2.05, 4.69) is 10.4 Å². The SMILES string of the molecule is COCCNC(=O)c1nn(-c2cccc(OC)c2)c(=O)n(Cc2cccc(C)c2)c1=O. The van der Waals surface area contributed by atoms with Crippen LogP contribution in [0.1, 0.15) is 21.6 Å². The fraction of sp³-hybridized carbons (Fsp3) is 0.273. The highest BCUT2D eigenvalue weighted by molar-refractivity contribution is 5.91. The lowest BCUT2D eigenvalue weighted by Gasteiger charge is -2.13. The van der Waals surface area contributed by atoms with E-state index < -0.39 is 17.2 Å². The second-order valence-electron chi connectivity index (χ2n) is 6.87. The summed E-state index contributed by atoms with van der Waals surface area (Å²) in [6.07, 6.45) is 0. The highest BCUT2D eigenvalue weighted by Crippen LogP contribution is 2.14. The normalized spacial score (nSPS) is 10.7. The predicted molar refractivity (Wildman–Crippen MR) is 115 cm³/mol. The first-order chi connectivity index (χ1) is 14.9. The van der Waals surface area contributed by atoms with Gasteiger partial charge in [0, 0.05) is 19.7 Å². The molecule has 0 aliphatic heterocycles. The van der Waals surface area contributed by atoms with Crippen LogP contribution in [0.15, 0.2) is 58.1 Å². The molecular weight excluding hydrogens is 400 g/mol. The number of hydrogen-bond donors (Lipinski definition) is 1. The minimum absolute atomic E-state index is 0.00415. The third-order valence-corrected chi connectivity index (χ3v) is 4.59. The quantitative estimate of drug-likeness (QED) is 0.544. The third-order valence-electron chi connectivity index (χ3n) is 4.59. The van der Waals surface area contributed by atoms with Crippen molar-refractivity contribution < 1.29 is 14.3 Å². The van der Waals surface area contributed by atoms with Gasteiger partial charge in [-0.3, -0.25) is 14.2 Å².